The summed E-state index contributed by atoms with van der Waals surface area (Å²) >= 11 is 16.8. The monoisotopic (exact) mass is 947 g/mol. The second kappa shape index (κ2) is 25.9. The molecule has 2 heterocycles. The number of esters is 2. The van der Waals surface area contributed by atoms with Crippen molar-refractivity contribution in [2.24, 2.45) is 5.73 Å². The molecule has 11 nitrogen and oxygen atoms in total. The zero-order valence-electron chi connectivity index (χ0n) is 36.0. The Kier molecular flexibility index (Phi) is 20.5. The van der Waals surface area contributed by atoms with Crippen LogP contribution in [0.25, 0.3) is 22.3 Å². The number of rotatable bonds is 16. The van der Waals surface area contributed by atoms with Gasteiger partial charge in [0.05, 0.1) is 44.3 Å². The maximum Gasteiger partial charge on any atom is 0.391 e. The number of Topliss-reactive ketones (excluding diaryl/α,β-unsaturated/α-hetero) is 1. The Balaban J connectivity index is 0.000000249. The standard InChI is InChI=1S/C25H23ClFNO4.C20H18ClFN2O.C4H5ClO3/c1-3-32-25(30)21(29)11-10-20-9-7-16(15-28-20)13-18-8-12-22(31-2)23(24(18)27)17-5-4-6-19(26)14-17;1-25-18-8-6-15(9-13-5-7-17(11-23)24-12-13)20(22)19(18)14-3-2-4-16(21)10-14;1-2-8-4(7)3(5)6/h4-9,12,14-15H,3,10-11,13H2,1-2H3;2-8,10,12H,9,11,23H2,1H3;2H2,1H3. The second-order valence-electron chi connectivity index (χ2n) is 13.8. The highest BCUT2D eigenvalue weighted by Crippen LogP contribution is 2.37. The molecule has 0 amide bonds. The molecular weight excluding hydrogens is 903 g/mol. The highest BCUT2D eigenvalue weighted by atomic mass is 35.5. The molecule has 0 saturated heterocycles. The number of carbonyl (C=O) groups is 4. The molecule has 6 rings (SSSR count). The Morgan fingerprint density at radius 2 is 1.09 bits per heavy atom. The van der Waals surface area contributed by atoms with Gasteiger partial charge in [-0.05, 0) is 114 Å². The van der Waals surface area contributed by atoms with Crippen molar-refractivity contribution in [3.63, 3.8) is 0 Å². The van der Waals surface area contributed by atoms with Crippen LogP contribution in [-0.4, -0.2) is 60.4 Å². The average Bonchev–Trinajstić information content (AvgIpc) is 3.30. The first kappa shape index (κ1) is 51.4. The van der Waals surface area contributed by atoms with Gasteiger partial charge in [0.25, 0.3) is 0 Å². The predicted molar refractivity (Wildman–Crippen MR) is 246 cm³/mol. The number of ether oxygens (including phenoxy) is 4. The third-order valence-electron chi connectivity index (χ3n) is 9.35. The highest BCUT2D eigenvalue weighted by molar-refractivity contribution is 6.80. The Labute approximate surface area is 390 Å². The van der Waals surface area contributed by atoms with Gasteiger partial charge in [-0.1, -0.05) is 71.7 Å². The topological polar surface area (TPSA) is 157 Å². The number of benzene rings is 4. The Bertz CT molecular complexity index is 2580. The van der Waals surface area contributed by atoms with Gasteiger partial charge in [0.2, 0.25) is 5.78 Å². The summed E-state index contributed by atoms with van der Waals surface area (Å²) in [5, 5.41) is -0.0200. The van der Waals surface area contributed by atoms with Gasteiger partial charge in [-0.15, -0.1) is 0 Å². The van der Waals surface area contributed by atoms with Gasteiger partial charge < -0.3 is 24.7 Å². The van der Waals surface area contributed by atoms with E-state index in [1.54, 1.807) is 99.0 Å². The van der Waals surface area contributed by atoms with Crippen molar-refractivity contribution in [3.05, 3.63) is 165 Å². The number of ketones is 1. The maximum atomic E-state index is 15.4. The van der Waals surface area contributed by atoms with Crippen LogP contribution >= 0.6 is 34.8 Å². The summed E-state index contributed by atoms with van der Waals surface area (Å²) in [6.07, 6.45) is 4.49. The van der Waals surface area contributed by atoms with E-state index < -0.39 is 23.0 Å². The number of nitrogens with zero attached hydrogens (tertiary/aromatic N) is 2. The van der Waals surface area contributed by atoms with E-state index in [2.05, 4.69) is 14.7 Å². The van der Waals surface area contributed by atoms with Gasteiger partial charge >= 0.3 is 17.2 Å². The third kappa shape index (κ3) is 15.2. The number of methoxy groups -OCH3 is 2. The summed E-state index contributed by atoms with van der Waals surface area (Å²) in [4.78, 5) is 51.6. The molecule has 340 valence electrons. The van der Waals surface area contributed by atoms with Crippen molar-refractivity contribution in [1.29, 1.82) is 0 Å². The smallest absolute Gasteiger partial charge is 0.391 e. The van der Waals surface area contributed by atoms with Crippen molar-refractivity contribution in [2.45, 2.75) is 46.1 Å². The molecule has 0 fully saturated rings. The minimum atomic E-state index is -1.08. The number of hydrogen-bond acceptors (Lipinski definition) is 11. The molecule has 16 heteroatoms. The molecule has 0 saturated carbocycles. The average molecular weight is 949 g/mol. The Morgan fingerprint density at radius 3 is 1.46 bits per heavy atom. The summed E-state index contributed by atoms with van der Waals surface area (Å²) in [6, 6.07) is 28.4. The van der Waals surface area contributed by atoms with E-state index in [0.717, 1.165) is 16.8 Å². The van der Waals surface area contributed by atoms with E-state index >= 15 is 8.78 Å². The number of halogens is 5. The molecule has 0 aliphatic heterocycles. The molecule has 2 N–H and O–H groups in total. The van der Waals surface area contributed by atoms with Gasteiger partial charge in [-0.25, -0.2) is 18.4 Å². The lowest BCUT2D eigenvalue weighted by Crippen LogP contribution is -2.17. The maximum absolute atomic E-state index is 15.4. The van der Waals surface area contributed by atoms with Crippen LogP contribution in [0.4, 0.5) is 8.78 Å². The minimum Gasteiger partial charge on any atom is -0.496 e. The molecule has 0 radical (unpaired) electrons. The SMILES string of the molecule is CCOC(=O)C(=O)CCc1ccc(Cc2ccc(OC)c(-c3cccc(Cl)c3)c2F)cn1.CCOC(=O)C(=O)Cl.COc1ccc(Cc2ccc(CN)nc2)c(F)c1-c1cccc(Cl)c1. The number of aromatic nitrogens is 2. The Morgan fingerprint density at radius 1 is 0.631 bits per heavy atom. The number of carbonyl (C=O) groups excluding carboxylic acids is 4. The van der Waals surface area contributed by atoms with Crippen LogP contribution in [0, 0.1) is 11.6 Å². The van der Waals surface area contributed by atoms with Crippen LogP contribution in [0.5, 0.6) is 11.5 Å². The van der Waals surface area contributed by atoms with Crippen LogP contribution in [0.2, 0.25) is 10.0 Å². The van der Waals surface area contributed by atoms with Gasteiger partial charge in [-0.2, -0.15) is 0 Å². The van der Waals surface area contributed by atoms with E-state index in [-0.39, 0.29) is 31.3 Å². The first-order valence-corrected chi connectivity index (χ1v) is 21.2. The fraction of sp³-hybridized carbons (Fsp3) is 0.224. The largest absolute Gasteiger partial charge is 0.496 e. The first-order chi connectivity index (χ1) is 31.2. The predicted octanol–water partition coefficient (Wildman–Crippen LogP) is 10.1. The van der Waals surface area contributed by atoms with Crippen molar-refractivity contribution in [1.82, 2.24) is 9.97 Å². The molecule has 4 aromatic carbocycles. The molecular formula is C49H46Cl3F2N3O8. The second-order valence-corrected chi connectivity index (χ2v) is 15.0. The van der Waals surface area contributed by atoms with Crippen molar-refractivity contribution in [3.8, 4) is 33.8 Å². The summed E-state index contributed by atoms with van der Waals surface area (Å²) in [5.74, 6) is -2.19. The normalized spacial score (nSPS) is 10.4. The fourth-order valence-electron chi connectivity index (χ4n) is 6.21. The van der Waals surface area contributed by atoms with Crippen molar-refractivity contribution in [2.75, 3.05) is 27.4 Å². The molecule has 0 atom stereocenters. The van der Waals surface area contributed by atoms with Crippen molar-refractivity contribution >= 4 is 57.8 Å². The summed E-state index contributed by atoms with van der Waals surface area (Å²) in [7, 11) is 3.02. The summed E-state index contributed by atoms with van der Waals surface area (Å²) in [5.41, 5.74) is 11.9. The van der Waals surface area contributed by atoms with E-state index in [0.29, 0.717) is 86.4 Å². The molecule has 0 unspecified atom stereocenters. The number of hydrogen-bond donors (Lipinski definition) is 1. The zero-order chi connectivity index (χ0) is 47.5. The van der Waals surface area contributed by atoms with Gasteiger partial charge in [0, 0.05) is 53.9 Å². The number of aryl methyl sites for hydroxylation is 1. The van der Waals surface area contributed by atoms with Crippen LogP contribution < -0.4 is 15.2 Å². The highest BCUT2D eigenvalue weighted by Gasteiger charge is 2.19. The van der Waals surface area contributed by atoms with E-state index in [1.807, 2.05) is 24.3 Å². The molecule has 0 aliphatic rings. The molecule has 6 aromatic rings. The Hall–Kier alpha value is -6.25. The van der Waals surface area contributed by atoms with Crippen LogP contribution in [0.15, 0.2) is 109 Å². The quantitative estimate of drug-likeness (QED) is 0.0560. The lowest BCUT2D eigenvalue weighted by Gasteiger charge is -2.14. The first-order valence-electron chi connectivity index (χ1n) is 20.1. The minimum absolute atomic E-state index is 0.0291. The zero-order valence-corrected chi connectivity index (χ0v) is 38.2. The molecule has 0 aliphatic carbocycles. The molecule has 0 bridgehead atoms. The lowest BCUT2D eigenvalue weighted by atomic mass is 9.97. The van der Waals surface area contributed by atoms with Gasteiger partial charge in [-0.3, -0.25) is 19.6 Å². The van der Waals surface area contributed by atoms with Gasteiger partial charge in [0.1, 0.15) is 23.1 Å². The summed E-state index contributed by atoms with van der Waals surface area (Å²) < 4.78 is 50.2. The molecule has 2 aromatic heterocycles. The fourth-order valence-corrected chi connectivity index (χ4v) is 6.65. The van der Waals surface area contributed by atoms with Crippen molar-refractivity contribution < 1.29 is 46.9 Å². The van der Waals surface area contributed by atoms with Gasteiger partial charge in [0.15, 0.2) is 0 Å². The van der Waals surface area contributed by atoms with Crippen LogP contribution in [0.1, 0.15) is 53.9 Å². The number of nitrogens with two attached hydrogens (primary N) is 1. The third-order valence-corrected chi connectivity index (χ3v) is 9.98. The van der Waals surface area contributed by atoms with E-state index in [9.17, 15) is 19.2 Å². The van der Waals surface area contributed by atoms with Crippen LogP contribution in [0.3, 0.4) is 0 Å². The molecule has 0 spiro atoms. The summed E-state index contributed by atoms with van der Waals surface area (Å²) in [6.45, 7) is 3.97. The van der Waals surface area contributed by atoms with E-state index in [4.69, 9.17) is 54.7 Å². The van der Waals surface area contributed by atoms with E-state index in [1.165, 1.54) is 14.2 Å². The van der Waals surface area contributed by atoms with Crippen LogP contribution in [-0.2, 0) is 54.5 Å². The number of pyridine rings is 2. The lowest BCUT2D eigenvalue weighted by molar-refractivity contribution is -0.153. The molecule has 65 heavy (non-hydrogen) atoms.